The second kappa shape index (κ2) is 11.9. The quantitative estimate of drug-likeness (QED) is 0.291. The molecule has 6 rings (SSSR count). The standard InChI is InChI=1S/C23H20FN6OPS.C3H8.C2H6/c1-10-2-3-30(7-10)23-28-5-12-13-8-31-9-14(13)16(20(32)18(12)29-23)19-17-11(4-25)22(26)33-21(17)15(24)6-27-19;1-3-2;1-2/h5-6,10H,2-3,7-9,26,32H2,1H3;3H2,1-2H3;1-2H3. The van der Waals surface area contributed by atoms with Gasteiger partial charge in [0.2, 0.25) is 5.95 Å². The number of thiophene rings is 1. The van der Waals surface area contributed by atoms with Gasteiger partial charge in [-0.15, -0.1) is 20.6 Å². The van der Waals surface area contributed by atoms with Gasteiger partial charge in [0.25, 0.3) is 0 Å². The highest BCUT2D eigenvalue weighted by Gasteiger charge is 2.29. The van der Waals surface area contributed by atoms with Crippen LogP contribution in [0.15, 0.2) is 12.4 Å². The summed E-state index contributed by atoms with van der Waals surface area (Å²) in [6, 6.07) is 2.14. The maximum Gasteiger partial charge on any atom is 0.225 e. The van der Waals surface area contributed by atoms with Crippen LogP contribution in [-0.4, -0.2) is 28.0 Å². The Hall–Kier alpha value is -2.92. The van der Waals surface area contributed by atoms with Crippen LogP contribution in [0.1, 0.15) is 64.2 Å². The fraction of sp³-hybridized carbons (Fsp3) is 0.429. The van der Waals surface area contributed by atoms with E-state index >= 15 is 0 Å². The maximum atomic E-state index is 14.6. The molecule has 2 atom stereocenters. The molecule has 0 saturated carbocycles. The Morgan fingerprint density at radius 2 is 1.95 bits per heavy atom. The lowest BCUT2D eigenvalue weighted by atomic mass is 9.94. The molecule has 38 heavy (non-hydrogen) atoms. The van der Waals surface area contributed by atoms with Gasteiger partial charge in [-0.2, -0.15) is 5.26 Å². The Balaban J connectivity index is 0.000000630. The molecule has 2 N–H and O–H groups in total. The minimum Gasteiger partial charge on any atom is -0.389 e. The molecule has 10 heteroatoms. The number of hydrogen-bond donors (Lipinski definition) is 1. The van der Waals surface area contributed by atoms with Crippen molar-refractivity contribution in [1.82, 2.24) is 15.0 Å². The number of nitrogens with two attached hydrogens (primary N) is 1. The zero-order valence-electron chi connectivity index (χ0n) is 22.6. The Morgan fingerprint density at radius 1 is 1.24 bits per heavy atom. The molecule has 200 valence electrons. The number of benzene rings is 1. The fourth-order valence-electron chi connectivity index (χ4n) is 4.90. The van der Waals surface area contributed by atoms with Gasteiger partial charge in [-0.25, -0.2) is 14.4 Å². The highest BCUT2D eigenvalue weighted by atomic mass is 32.1. The molecule has 1 saturated heterocycles. The smallest absolute Gasteiger partial charge is 0.225 e. The largest absolute Gasteiger partial charge is 0.389 e. The third-order valence-electron chi connectivity index (χ3n) is 6.54. The van der Waals surface area contributed by atoms with Crippen molar-refractivity contribution in [1.29, 1.82) is 5.26 Å². The summed E-state index contributed by atoms with van der Waals surface area (Å²) in [4.78, 5) is 16.3. The summed E-state index contributed by atoms with van der Waals surface area (Å²) in [6.45, 7) is 13.2. The highest BCUT2D eigenvalue weighted by Crippen LogP contribution is 2.43. The monoisotopic (exact) mass is 552 g/mol. The average Bonchev–Trinajstić information content (AvgIpc) is 3.65. The van der Waals surface area contributed by atoms with Crippen LogP contribution in [0.3, 0.4) is 0 Å². The normalized spacial score (nSPS) is 16.1. The third kappa shape index (κ3) is 4.82. The van der Waals surface area contributed by atoms with Crippen LogP contribution in [0.2, 0.25) is 0 Å². The summed E-state index contributed by atoms with van der Waals surface area (Å²) < 4.78 is 20.8. The van der Waals surface area contributed by atoms with E-state index in [1.54, 1.807) is 0 Å². The molecular weight excluding hydrogens is 518 g/mol. The summed E-state index contributed by atoms with van der Waals surface area (Å²) in [5, 5.41) is 12.3. The van der Waals surface area contributed by atoms with Gasteiger partial charge in [-0.3, -0.25) is 4.98 Å². The predicted octanol–water partition coefficient (Wildman–Crippen LogP) is 6.32. The van der Waals surface area contributed by atoms with Crippen LogP contribution < -0.4 is 15.9 Å². The van der Waals surface area contributed by atoms with Crippen molar-refractivity contribution in [2.24, 2.45) is 5.92 Å². The van der Waals surface area contributed by atoms with E-state index in [0.29, 0.717) is 40.9 Å². The zero-order valence-corrected chi connectivity index (χ0v) is 24.5. The van der Waals surface area contributed by atoms with E-state index in [1.807, 2.05) is 20.0 Å². The van der Waals surface area contributed by atoms with Crippen molar-refractivity contribution in [3.05, 3.63) is 34.9 Å². The number of nitriles is 1. The molecule has 1 aromatic carbocycles. The number of ether oxygens (including phenoxy) is 1. The molecule has 0 radical (unpaired) electrons. The molecule has 1 fully saturated rings. The lowest BCUT2D eigenvalue weighted by Crippen LogP contribution is -2.22. The van der Waals surface area contributed by atoms with E-state index in [4.69, 9.17) is 15.5 Å². The van der Waals surface area contributed by atoms with Gasteiger partial charge in [0, 0.05) is 40.9 Å². The third-order valence-corrected chi connectivity index (χ3v) is 8.13. The molecule has 0 aliphatic carbocycles. The molecule has 2 aliphatic rings. The van der Waals surface area contributed by atoms with E-state index in [1.165, 1.54) is 12.6 Å². The molecule has 0 spiro atoms. The van der Waals surface area contributed by atoms with Crippen LogP contribution in [0.4, 0.5) is 15.3 Å². The second-order valence-electron chi connectivity index (χ2n) is 9.33. The Labute approximate surface area is 229 Å². The molecular formula is C28H34FN6OPS. The SMILES string of the molecule is CC.CC1CCN(c2ncc3c4c(c(-c5ncc(F)c6sc(N)c(C#N)c56)c(P)c3n2)COC4)C1.CCC. The molecule has 2 unspecified atom stereocenters. The first-order valence-electron chi connectivity index (χ1n) is 13.1. The fourth-order valence-corrected chi connectivity index (χ4v) is 6.35. The van der Waals surface area contributed by atoms with E-state index in [-0.39, 0.29) is 10.6 Å². The number of nitrogen functional groups attached to an aromatic ring is 1. The van der Waals surface area contributed by atoms with Gasteiger partial charge < -0.3 is 15.4 Å². The summed E-state index contributed by atoms with van der Waals surface area (Å²) in [6.07, 6.45) is 5.44. The van der Waals surface area contributed by atoms with Gasteiger partial charge in [-0.1, -0.05) is 41.0 Å². The summed E-state index contributed by atoms with van der Waals surface area (Å²) in [5.74, 6) is 0.822. The zero-order chi connectivity index (χ0) is 27.6. The summed E-state index contributed by atoms with van der Waals surface area (Å²) >= 11 is 1.07. The Morgan fingerprint density at radius 3 is 2.61 bits per heavy atom. The Kier molecular flexibility index (Phi) is 8.77. The van der Waals surface area contributed by atoms with Crippen molar-refractivity contribution in [2.45, 2.75) is 60.7 Å². The molecule has 4 aromatic rings. The Bertz CT molecular complexity index is 1530. The lowest BCUT2D eigenvalue weighted by molar-refractivity contribution is 0.135. The molecule has 5 heterocycles. The van der Waals surface area contributed by atoms with Crippen molar-refractivity contribution in [3.63, 3.8) is 0 Å². The highest BCUT2D eigenvalue weighted by molar-refractivity contribution is 7.29. The van der Waals surface area contributed by atoms with Crippen molar-refractivity contribution >= 4 is 57.8 Å². The maximum absolute atomic E-state index is 14.6. The molecule has 7 nitrogen and oxygen atoms in total. The van der Waals surface area contributed by atoms with Crippen molar-refractivity contribution in [2.75, 3.05) is 23.7 Å². The first-order valence-corrected chi connectivity index (χ1v) is 14.5. The predicted molar refractivity (Wildman–Crippen MR) is 158 cm³/mol. The van der Waals surface area contributed by atoms with Gasteiger partial charge in [0.05, 0.1) is 40.9 Å². The van der Waals surface area contributed by atoms with Crippen molar-refractivity contribution < 1.29 is 9.13 Å². The van der Waals surface area contributed by atoms with Crippen LogP contribution in [0, 0.1) is 23.1 Å². The van der Waals surface area contributed by atoms with Crippen molar-refractivity contribution in [3.8, 4) is 17.3 Å². The number of halogens is 1. The van der Waals surface area contributed by atoms with Crippen LogP contribution >= 0.6 is 20.6 Å². The molecule has 2 aliphatic heterocycles. The number of aromatic nitrogens is 3. The minimum absolute atomic E-state index is 0.253. The topological polar surface area (TPSA) is 101 Å². The molecule has 0 bridgehead atoms. The number of anilines is 2. The van der Waals surface area contributed by atoms with Crippen LogP contribution in [-0.2, 0) is 18.0 Å². The second-order valence-corrected chi connectivity index (χ2v) is 11.0. The van der Waals surface area contributed by atoms with E-state index in [9.17, 15) is 9.65 Å². The number of fused-ring (bicyclic) bond motifs is 4. The minimum atomic E-state index is -0.487. The van der Waals surface area contributed by atoms with E-state index in [2.05, 4.69) is 50.9 Å². The number of hydrogen-bond acceptors (Lipinski definition) is 8. The molecule has 0 amide bonds. The van der Waals surface area contributed by atoms with Gasteiger partial charge in [0.1, 0.15) is 11.1 Å². The first kappa shape index (κ1) is 28.1. The number of rotatable bonds is 2. The van der Waals surface area contributed by atoms with Gasteiger partial charge in [-0.05, 0) is 23.5 Å². The first-order chi connectivity index (χ1) is 18.4. The van der Waals surface area contributed by atoms with E-state index < -0.39 is 5.82 Å². The van der Waals surface area contributed by atoms with Gasteiger partial charge in [0.15, 0.2) is 5.82 Å². The van der Waals surface area contributed by atoms with E-state index in [0.717, 1.165) is 63.7 Å². The van der Waals surface area contributed by atoms with Crippen LogP contribution in [0.25, 0.3) is 32.2 Å². The van der Waals surface area contributed by atoms with Crippen LogP contribution in [0.5, 0.6) is 0 Å². The van der Waals surface area contributed by atoms with Gasteiger partial charge >= 0.3 is 0 Å². The number of nitrogens with zero attached hydrogens (tertiary/aromatic N) is 5. The summed E-state index contributed by atoms with van der Waals surface area (Å²) in [7, 11) is 2.79. The summed E-state index contributed by atoms with van der Waals surface area (Å²) in [5.41, 5.74) is 10.4. The lowest BCUT2D eigenvalue weighted by Gasteiger charge is -2.19. The average molecular weight is 553 g/mol. The molecule has 3 aromatic heterocycles. The number of pyridine rings is 1.